The van der Waals surface area contributed by atoms with E-state index in [1.807, 2.05) is 0 Å². The van der Waals surface area contributed by atoms with E-state index in [9.17, 15) is 8.78 Å². The van der Waals surface area contributed by atoms with Gasteiger partial charge in [-0.2, -0.15) is 0 Å². The van der Waals surface area contributed by atoms with E-state index in [0.717, 1.165) is 38.4 Å². The van der Waals surface area contributed by atoms with Gasteiger partial charge in [-0.15, -0.1) is 0 Å². The summed E-state index contributed by atoms with van der Waals surface area (Å²) in [5.41, 5.74) is 6.54. The highest BCUT2D eigenvalue weighted by atomic mass is 19.2. The van der Waals surface area contributed by atoms with Crippen LogP contribution in [0.5, 0.6) is 0 Å². The molecular formula is C16H24F2N2. The van der Waals surface area contributed by atoms with Gasteiger partial charge in [0.15, 0.2) is 11.6 Å². The van der Waals surface area contributed by atoms with Gasteiger partial charge in [0.25, 0.3) is 0 Å². The predicted molar refractivity (Wildman–Crippen MR) is 77.4 cm³/mol. The molecule has 2 N–H and O–H groups in total. The van der Waals surface area contributed by atoms with Crippen molar-refractivity contribution >= 4 is 0 Å². The molecule has 0 amide bonds. The van der Waals surface area contributed by atoms with Gasteiger partial charge in [-0.05, 0) is 43.8 Å². The summed E-state index contributed by atoms with van der Waals surface area (Å²) < 4.78 is 27.4. The lowest BCUT2D eigenvalue weighted by atomic mass is 9.85. The highest BCUT2D eigenvalue weighted by Gasteiger charge is 2.28. The summed E-state index contributed by atoms with van der Waals surface area (Å²) in [6, 6.07) is 4.11. The van der Waals surface area contributed by atoms with Crippen molar-refractivity contribution in [1.29, 1.82) is 0 Å². The van der Waals surface area contributed by atoms with Crippen molar-refractivity contribution in [3.8, 4) is 0 Å². The van der Waals surface area contributed by atoms with E-state index in [1.54, 1.807) is 12.1 Å². The average Bonchev–Trinajstić information content (AvgIpc) is 2.57. The number of nitrogens with zero attached hydrogens (tertiary/aromatic N) is 1. The van der Waals surface area contributed by atoms with Gasteiger partial charge in [0.05, 0.1) is 6.04 Å². The third-order valence-electron chi connectivity index (χ3n) is 4.38. The lowest BCUT2D eigenvalue weighted by Gasteiger charge is -2.31. The number of hydrogen-bond acceptors (Lipinski definition) is 2. The lowest BCUT2D eigenvalue weighted by Crippen LogP contribution is -2.35. The second-order valence-corrected chi connectivity index (χ2v) is 6.45. The molecule has 2 rings (SSSR count). The number of halogens is 2. The number of rotatable bonds is 3. The first-order valence-corrected chi connectivity index (χ1v) is 7.32. The molecule has 4 heteroatoms. The number of likely N-dealkylation sites (tertiary alicyclic amines) is 1. The molecule has 0 radical (unpaired) electrons. The maximum absolute atomic E-state index is 14.0. The van der Waals surface area contributed by atoms with E-state index in [-0.39, 0.29) is 6.04 Å². The van der Waals surface area contributed by atoms with Crippen LogP contribution in [0.2, 0.25) is 0 Å². The number of hydrogen-bond donors (Lipinski definition) is 1. The molecule has 1 aliphatic heterocycles. The van der Waals surface area contributed by atoms with Gasteiger partial charge in [0, 0.05) is 12.1 Å². The molecule has 2 nitrogen and oxygen atoms in total. The first kappa shape index (κ1) is 15.4. The fraction of sp³-hybridized carbons (Fsp3) is 0.625. The Bertz CT molecular complexity index is 460. The van der Waals surface area contributed by atoms with Crippen molar-refractivity contribution in [2.75, 3.05) is 19.6 Å². The molecule has 0 spiro atoms. The van der Waals surface area contributed by atoms with E-state index >= 15 is 0 Å². The molecule has 1 fully saturated rings. The fourth-order valence-electron chi connectivity index (χ4n) is 3.01. The van der Waals surface area contributed by atoms with E-state index in [2.05, 4.69) is 18.7 Å². The van der Waals surface area contributed by atoms with Crippen molar-refractivity contribution in [3.63, 3.8) is 0 Å². The molecule has 1 saturated heterocycles. The SMILES string of the molecule is CC1(C)CCCN(C(CN)c2cccc(F)c2F)CC1. The van der Waals surface area contributed by atoms with Gasteiger partial charge in [-0.3, -0.25) is 4.90 Å². The van der Waals surface area contributed by atoms with Gasteiger partial charge in [-0.25, -0.2) is 8.78 Å². The highest BCUT2D eigenvalue weighted by molar-refractivity contribution is 5.23. The quantitative estimate of drug-likeness (QED) is 0.919. The lowest BCUT2D eigenvalue weighted by molar-refractivity contribution is 0.195. The first-order valence-electron chi connectivity index (χ1n) is 7.32. The van der Waals surface area contributed by atoms with E-state index in [0.29, 0.717) is 17.5 Å². The van der Waals surface area contributed by atoms with E-state index in [4.69, 9.17) is 5.73 Å². The fourth-order valence-corrected chi connectivity index (χ4v) is 3.01. The minimum Gasteiger partial charge on any atom is -0.329 e. The third kappa shape index (κ3) is 3.36. The van der Waals surface area contributed by atoms with Crippen molar-refractivity contribution in [1.82, 2.24) is 4.90 Å². The monoisotopic (exact) mass is 282 g/mol. The van der Waals surface area contributed by atoms with Crippen LogP contribution in [0.25, 0.3) is 0 Å². The summed E-state index contributed by atoms with van der Waals surface area (Å²) in [5.74, 6) is -1.55. The zero-order valence-electron chi connectivity index (χ0n) is 12.3. The van der Waals surface area contributed by atoms with Crippen molar-refractivity contribution in [2.24, 2.45) is 11.1 Å². The molecule has 1 aromatic carbocycles. The Morgan fingerprint density at radius 2 is 2.00 bits per heavy atom. The predicted octanol–water partition coefficient (Wildman–Crippen LogP) is 3.48. The topological polar surface area (TPSA) is 29.3 Å². The molecule has 1 aliphatic rings. The Labute approximate surface area is 120 Å². The highest BCUT2D eigenvalue weighted by Crippen LogP contribution is 2.33. The van der Waals surface area contributed by atoms with E-state index < -0.39 is 11.6 Å². The molecule has 1 unspecified atom stereocenters. The average molecular weight is 282 g/mol. The van der Waals surface area contributed by atoms with E-state index in [1.165, 1.54) is 0 Å². The molecule has 0 bridgehead atoms. The maximum atomic E-state index is 14.0. The summed E-state index contributed by atoms with van der Waals surface area (Å²) in [5, 5.41) is 0. The maximum Gasteiger partial charge on any atom is 0.163 e. The molecule has 1 atom stereocenters. The molecule has 0 saturated carbocycles. The van der Waals surface area contributed by atoms with Crippen LogP contribution < -0.4 is 5.73 Å². The summed E-state index contributed by atoms with van der Waals surface area (Å²) in [6.45, 7) is 6.60. The van der Waals surface area contributed by atoms with Crippen molar-refractivity contribution in [3.05, 3.63) is 35.4 Å². The van der Waals surface area contributed by atoms with Crippen LogP contribution in [0, 0.1) is 17.0 Å². The van der Waals surface area contributed by atoms with Crippen LogP contribution in [-0.4, -0.2) is 24.5 Å². The Kier molecular flexibility index (Phi) is 4.76. The zero-order valence-corrected chi connectivity index (χ0v) is 12.3. The first-order chi connectivity index (χ1) is 9.44. The van der Waals surface area contributed by atoms with Crippen LogP contribution in [-0.2, 0) is 0 Å². The Morgan fingerprint density at radius 3 is 2.70 bits per heavy atom. The second-order valence-electron chi connectivity index (χ2n) is 6.45. The normalized spacial score (nSPS) is 21.4. The zero-order chi connectivity index (χ0) is 14.8. The van der Waals surface area contributed by atoms with Gasteiger partial charge in [0.2, 0.25) is 0 Å². The summed E-state index contributed by atoms with van der Waals surface area (Å²) in [4.78, 5) is 2.20. The molecular weight excluding hydrogens is 258 g/mol. The molecule has 20 heavy (non-hydrogen) atoms. The minimum absolute atomic E-state index is 0.236. The van der Waals surface area contributed by atoms with Crippen LogP contribution in [0.15, 0.2) is 18.2 Å². The Balaban J connectivity index is 2.21. The van der Waals surface area contributed by atoms with Crippen LogP contribution in [0.3, 0.4) is 0 Å². The molecule has 0 aromatic heterocycles. The summed E-state index contributed by atoms with van der Waals surface area (Å²) in [6.07, 6.45) is 3.29. The number of benzene rings is 1. The number of nitrogens with two attached hydrogens (primary N) is 1. The Hall–Kier alpha value is -1.00. The van der Waals surface area contributed by atoms with Crippen molar-refractivity contribution < 1.29 is 8.78 Å². The Morgan fingerprint density at radius 1 is 1.25 bits per heavy atom. The molecule has 112 valence electrons. The van der Waals surface area contributed by atoms with Crippen LogP contribution in [0.1, 0.15) is 44.7 Å². The van der Waals surface area contributed by atoms with Crippen molar-refractivity contribution in [2.45, 2.75) is 39.2 Å². The standard InChI is InChI=1S/C16H24F2N2/c1-16(2)7-4-9-20(10-8-16)14(11-19)12-5-3-6-13(17)15(12)18/h3,5-6,14H,4,7-11,19H2,1-2H3. The molecule has 1 aromatic rings. The second kappa shape index (κ2) is 6.19. The summed E-state index contributed by atoms with van der Waals surface area (Å²) >= 11 is 0. The molecule has 1 heterocycles. The van der Waals surface area contributed by atoms with Gasteiger partial charge >= 0.3 is 0 Å². The summed E-state index contributed by atoms with van der Waals surface area (Å²) in [7, 11) is 0. The largest absolute Gasteiger partial charge is 0.329 e. The minimum atomic E-state index is -0.795. The van der Waals surface area contributed by atoms with Gasteiger partial charge < -0.3 is 5.73 Å². The smallest absolute Gasteiger partial charge is 0.163 e. The third-order valence-corrected chi connectivity index (χ3v) is 4.38. The van der Waals surface area contributed by atoms with Crippen LogP contribution in [0.4, 0.5) is 8.78 Å². The van der Waals surface area contributed by atoms with Gasteiger partial charge in [-0.1, -0.05) is 26.0 Å². The van der Waals surface area contributed by atoms with Gasteiger partial charge in [0.1, 0.15) is 0 Å². The van der Waals surface area contributed by atoms with Crippen LogP contribution >= 0.6 is 0 Å². The molecule has 0 aliphatic carbocycles.